The third kappa shape index (κ3) is 8.86. The predicted molar refractivity (Wildman–Crippen MR) is 142 cm³/mol. The van der Waals surface area contributed by atoms with Gasteiger partial charge in [-0.1, -0.05) is 6.07 Å². The van der Waals surface area contributed by atoms with Crippen molar-refractivity contribution in [3.8, 4) is 11.5 Å². The van der Waals surface area contributed by atoms with E-state index in [-0.39, 0.29) is 17.3 Å². The monoisotopic (exact) mass is 635 g/mol. The average molecular weight is 636 g/mol. The number of amidine groups is 1. The molecule has 0 aliphatic heterocycles. The number of pyridine rings is 1. The molecule has 1 heterocycles. The molecule has 2 aromatic carbocycles. The largest absolute Gasteiger partial charge is 0.491 e. The van der Waals surface area contributed by atoms with Crippen molar-refractivity contribution in [3.05, 3.63) is 82.1 Å². The lowest BCUT2D eigenvalue weighted by atomic mass is 10.1. The zero-order valence-electron chi connectivity index (χ0n) is 21.0. The first kappa shape index (κ1) is 30.7. The van der Waals surface area contributed by atoms with Crippen molar-refractivity contribution < 1.29 is 41.8 Å². The van der Waals surface area contributed by atoms with E-state index >= 15 is 0 Å². The molecule has 2 amide bonds. The number of nitrogens with two attached hydrogens (primary N) is 1. The van der Waals surface area contributed by atoms with Gasteiger partial charge in [0.2, 0.25) is 11.8 Å². The molecule has 1 unspecified atom stereocenters. The maximum absolute atomic E-state index is 12.4. The SMILES string of the molecule is CC(NC(=O)CC(=O)Nc1ccc(C(=N)N)cc1)c1ccc(Oc2cncc(C(=O)OC(=O)C(F)(F)F)c2)c(Br)c1. The van der Waals surface area contributed by atoms with Crippen molar-refractivity contribution in [2.24, 2.45) is 5.73 Å². The van der Waals surface area contributed by atoms with Crippen LogP contribution in [-0.2, 0) is 19.1 Å². The van der Waals surface area contributed by atoms with Gasteiger partial charge >= 0.3 is 18.1 Å². The number of halogens is 4. The zero-order valence-corrected chi connectivity index (χ0v) is 22.6. The Hall–Kier alpha value is -4.79. The molecule has 0 fully saturated rings. The highest BCUT2D eigenvalue weighted by atomic mass is 79.9. The van der Waals surface area contributed by atoms with E-state index in [2.05, 4.69) is 36.3 Å². The molecule has 0 spiro atoms. The van der Waals surface area contributed by atoms with Crippen molar-refractivity contribution in [3.63, 3.8) is 0 Å². The number of ether oxygens (including phenoxy) is 2. The number of carbonyl (C=O) groups is 4. The molecule has 0 aliphatic carbocycles. The number of nitrogens with zero attached hydrogens (tertiary/aromatic N) is 1. The van der Waals surface area contributed by atoms with Crippen LogP contribution in [0.4, 0.5) is 18.9 Å². The Labute approximate surface area is 238 Å². The van der Waals surface area contributed by atoms with E-state index < -0.39 is 48.0 Å². The standard InChI is InChI=1S/C26H21BrF3N5O6/c1-13(34-21(36)10-22(37)35-17-5-2-14(3-6-17)23(31)32)15-4-7-20(19(27)9-15)40-18-8-16(11-33-12-18)24(38)41-25(39)26(28,29)30/h2-9,11-13H,10H2,1H3,(H3,31,32)(H,34,36)(H,35,37). The molecule has 1 aromatic heterocycles. The van der Waals surface area contributed by atoms with Crippen LogP contribution in [0.25, 0.3) is 0 Å². The van der Waals surface area contributed by atoms with E-state index in [4.69, 9.17) is 15.9 Å². The van der Waals surface area contributed by atoms with Gasteiger partial charge in [0, 0.05) is 17.4 Å². The van der Waals surface area contributed by atoms with Gasteiger partial charge in [0.1, 0.15) is 23.8 Å². The number of carbonyl (C=O) groups excluding carboxylic acids is 4. The van der Waals surface area contributed by atoms with Crippen LogP contribution in [0.2, 0.25) is 0 Å². The average Bonchev–Trinajstić information content (AvgIpc) is 2.89. The minimum absolute atomic E-state index is 0.0318. The zero-order chi connectivity index (χ0) is 30.3. The number of aromatic nitrogens is 1. The molecule has 15 heteroatoms. The lowest BCUT2D eigenvalue weighted by Crippen LogP contribution is -2.30. The Bertz CT molecular complexity index is 1500. The molecule has 5 N–H and O–H groups in total. The lowest BCUT2D eigenvalue weighted by molar-refractivity contribution is -0.193. The van der Waals surface area contributed by atoms with Crippen LogP contribution in [0.5, 0.6) is 11.5 Å². The van der Waals surface area contributed by atoms with Crippen LogP contribution >= 0.6 is 15.9 Å². The fourth-order valence-corrected chi connectivity index (χ4v) is 3.72. The Morgan fingerprint density at radius 2 is 1.71 bits per heavy atom. The van der Waals surface area contributed by atoms with Crippen molar-refractivity contribution in [2.75, 3.05) is 5.32 Å². The quantitative estimate of drug-likeness (QED) is 0.116. The molecular formula is C26H21BrF3N5O6. The van der Waals surface area contributed by atoms with E-state index in [9.17, 15) is 32.3 Å². The Kier molecular flexibility index (Phi) is 9.78. The summed E-state index contributed by atoms with van der Waals surface area (Å²) in [5.41, 5.74) is 6.52. The van der Waals surface area contributed by atoms with Crippen molar-refractivity contribution >= 4 is 51.2 Å². The highest BCUT2D eigenvalue weighted by molar-refractivity contribution is 9.10. The molecule has 0 aliphatic rings. The summed E-state index contributed by atoms with van der Waals surface area (Å²) in [6.45, 7) is 1.69. The van der Waals surface area contributed by atoms with E-state index in [1.165, 1.54) is 12.3 Å². The molecule has 0 radical (unpaired) electrons. The second-order valence-electron chi connectivity index (χ2n) is 8.38. The molecule has 3 rings (SSSR count). The van der Waals surface area contributed by atoms with Crippen molar-refractivity contribution in [1.29, 1.82) is 5.41 Å². The molecular weight excluding hydrogens is 615 g/mol. The first-order valence-corrected chi connectivity index (χ1v) is 12.3. The van der Waals surface area contributed by atoms with E-state index in [1.54, 1.807) is 43.3 Å². The second kappa shape index (κ2) is 13.0. The number of nitrogen functional groups attached to an aromatic ring is 1. The smallest absolute Gasteiger partial charge is 0.455 e. The third-order valence-electron chi connectivity index (χ3n) is 5.23. The fraction of sp³-hybridized carbons (Fsp3) is 0.154. The third-order valence-corrected chi connectivity index (χ3v) is 5.85. The maximum Gasteiger partial charge on any atom is 0.491 e. The number of anilines is 1. The van der Waals surface area contributed by atoms with Gasteiger partial charge in [0.05, 0.1) is 22.3 Å². The first-order chi connectivity index (χ1) is 19.2. The first-order valence-electron chi connectivity index (χ1n) is 11.5. The highest BCUT2D eigenvalue weighted by Crippen LogP contribution is 2.32. The fourth-order valence-electron chi connectivity index (χ4n) is 3.24. The normalized spacial score (nSPS) is 11.6. The van der Waals surface area contributed by atoms with Gasteiger partial charge in [-0.15, -0.1) is 0 Å². The van der Waals surface area contributed by atoms with Gasteiger partial charge in [-0.25, -0.2) is 9.59 Å². The summed E-state index contributed by atoms with van der Waals surface area (Å²) >= 11 is 3.33. The minimum atomic E-state index is -5.34. The second-order valence-corrected chi connectivity index (χ2v) is 9.24. The van der Waals surface area contributed by atoms with Gasteiger partial charge in [-0.2, -0.15) is 13.2 Å². The van der Waals surface area contributed by atoms with E-state index in [0.717, 1.165) is 12.3 Å². The van der Waals surface area contributed by atoms with Crippen molar-refractivity contribution in [1.82, 2.24) is 10.3 Å². The Morgan fingerprint density at radius 1 is 1.02 bits per heavy atom. The van der Waals surface area contributed by atoms with Crippen LogP contribution in [0, 0.1) is 5.41 Å². The summed E-state index contributed by atoms with van der Waals surface area (Å²) in [5.74, 6) is -5.20. The number of benzene rings is 2. The summed E-state index contributed by atoms with van der Waals surface area (Å²) in [5, 5.41) is 12.7. The summed E-state index contributed by atoms with van der Waals surface area (Å²) in [6, 6.07) is 11.6. The predicted octanol–water partition coefficient (Wildman–Crippen LogP) is 4.37. The molecule has 214 valence electrons. The molecule has 11 nitrogen and oxygen atoms in total. The van der Waals surface area contributed by atoms with Crippen LogP contribution in [0.1, 0.15) is 40.9 Å². The highest BCUT2D eigenvalue weighted by Gasteiger charge is 2.42. The maximum atomic E-state index is 12.4. The number of hydrogen-bond acceptors (Lipinski definition) is 8. The molecule has 0 saturated heterocycles. The number of nitrogens with one attached hydrogen (secondary N) is 3. The van der Waals surface area contributed by atoms with Gasteiger partial charge in [-0.3, -0.25) is 20.0 Å². The summed E-state index contributed by atoms with van der Waals surface area (Å²) in [6.07, 6.45) is -3.68. The number of esters is 2. The Morgan fingerprint density at radius 3 is 2.32 bits per heavy atom. The molecule has 0 saturated carbocycles. The van der Waals surface area contributed by atoms with Gasteiger partial charge < -0.3 is 25.8 Å². The van der Waals surface area contributed by atoms with Gasteiger partial charge in [0.25, 0.3) is 0 Å². The van der Waals surface area contributed by atoms with Crippen LogP contribution < -0.4 is 21.1 Å². The molecule has 3 aromatic rings. The van der Waals surface area contributed by atoms with Gasteiger partial charge in [0.15, 0.2) is 0 Å². The van der Waals surface area contributed by atoms with Gasteiger partial charge in [-0.05, 0) is 70.9 Å². The summed E-state index contributed by atoms with van der Waals surface area (Å²) in [7, 11) is 0. The number of alkyl halides is 3. The summed E-state index contributed by atoms with van der Waals surface area (Å²) in [4.78, 5) is 51.1. The number of amides is 2. The molecule has 0 bridgehead atoms. The van der Waals surface area contributed by atoms with Crippen LogP contribution in [0.3, 0.4) is 0 Å². The van der Waals surface area contributed by atoms with Crippen LogP contribution in [0.15, 0.2) is 65.4 Å². The van der Waals surface area contributed by atoms with E-state index in [1.807, 2.05) is 0 Å². The van der Waals surface area contributed by atoms with E-state index in [0.29, 0.717) is 21.3 Å². The number of rotatable bonds is 9. The van der Waals surface area contributed by atoms with Crippen LogP contribution in [-0.4, -0.2) is 40.7 Å². The number of hydrogen-bond donors (Lipinski definition) is 4. The minimum Gasteiger partial charge on any atom is -0.455 e. The molecule has 41 heavy (non-hydrogen) atoms. The lowest BCUT2D eigenvalue weighted by Gasteiger charge is -2.16. The summed E-state index contributed by atoms with van der Waals surface area (Å²) < 4.78 is 46.9. The van der Waals surface area contributed by atoms with Crippen molar-refractivity contribution in [2.45, 2.75) is 25.6 Å². The Balaban J connectivity index is 1.57. The topological polar surface area (TPSA) is 174 Å². The molecule has 1 atom stereocenters.